The Morgan fingerprint density at radius 3 is 2.77 bits per heavy atom. The number of carbonyl (C=O) groups is 1. The van der Waals surface area contributed by atoms with Crippen molar-refractivity contribution in [3.05, 3.63) is 74.7 Å². The van der Waals surface area contributed by atoms with Crippen LogP contribution in [0.15, 0.2) is 63.6 Å². The summed E-state index contributed by atoms with van der Waals surface area (Å²) in [6, 6.07) is 12.6. The van der Waals surface area contributed by atoms with E-state index in [1.807, 2.05) is 0 Å². The summed E-state index contributed by atoms with van der Waals surface area (Å²) in [5.74, 6) is -0.273. The fourth-order valence-corrected chi connectivity index (χ4v) is 2.86. The summed E-state index contributed by atoms with van der Waals surface area (Å²) < 4.78 is 0. The minimum atomic E-state index is -0.494. The van der Waals surface area contributed by atoms with E-state index in [-0.39, 0.29) is 22.5 Å². The predicted octanol–water partition coefficient (Wildman–Crippen LogP) is 2.89. The van der Waals surface area contributed by atoms with Crippen molar-refractivity contribution in [2.24, 2.45) is 10.2 Å². The van der Waals surface area contributed by atoms with Crippen molar-refractivity contribution < 1.29 is 14.8 Å². The molecule has 2 aromatic carbocycles. The summed E-state index contributed by atoms with van der Waals surface area (Å²) in [6.07, 6.45) is 2.92. The van der Waals surface area contributed by atoms with Gasteiger partial charge in [0.2, 0.25) is 0 Å². The van der Waals surface area contributed by atoms with Gasteiger partial charge in [-0.3, -0.25) is 20.2 Å². The van der Waals surface area contributed by atoms with Crippen LogP contribution in [0.3, 0.4) is 0 Å². The number of nitro benzene ring substituents is 1. The number of nitro groups is 1. The number of hydrogen-bond acceptors (Lipinski definition) is 7. The molecule has 0 bridgehead atoms. The summed E-state index contributed by atoms with van der Waals surface area (Å²) >= 11 is 1.08. The van der Waals surface area contributed by atoms with E-state index in [2.05, 4.69) is 15.5 Å². The highest BCUT2D eigenvalue weighted by Gasteiger charge is 2.24. The number of rotatable bonds is 4. The number of non-ortho nitro benzene ring substituents is 1. The Labute approximate surface area is 152 Å². The minimum absolute atomic E-state index is 0.0435. The first-order valence-electron chi connectivity index (χ1n) is 7.37. The molecule has 1 amide bonds. The lowest BCUT2D eigenvalue weighted by molar-refractivity contribution is -0.384. The second kappa shape index (κ2) is 7.62. The zero-order valence-electron chi connectivity index (χ0n) is 13.2. The second-order valence-corrected chi connectivity index (χ2v) is 6.16. The maximum atomic E-state index is 12.0. The Morgan fingerprint density at radius 1 is 1.19 bits per heavy atom. The molecule has 1 aliphatic rings. The Hall–Kier alpha value is -3.46. The molecule has 2 N–H and O–H groups in total. The van der Waals surface area contributed by atoms with Gasteiger partial charge in [0.15, 0.2) is 5.17 Å². The van der Waals surface area contributed by atoms with Crippen molar-refractivity contribution in [3.63, 3.8) is 0 Å². The van der Waals surface area contributed by atoms with Crippen LogP contribution in [-0.4, -0.2) is 27.3 Å². The lowest BCUT2D eigenvalue weighted by Gasteiger charge is -1.97. The van der Waals surface area contributed by atoms with Gasteiger partial charge in [-0.1, -0.05) is 30.3 Å². The number of aromatic hydroxyl groups is 1. The largest absolute Gasteiger partial charge is 0.507 e. The summed E-state index contributed by atoms with van der Waals surface area (Å²) in [7, 11) is 0. The molecule has 8 nitrogen and oxygen atoms in total. The molecule has 9 heteroatoms. The molecule has 26 heavy (non-hydrogen) atoms. The maximum Gasteiger partial charge on any atom is 0.270 e. The first kappa shape index (κ1) is 17.4. The number of phenolic OH excluding ortho intramolecular Hbond substituents is 1. The molecule has 130 valence electrons. The topological polar surface area (TPSA) is 117 Å². The summed E-state index contributed by atoms with van der Waals surface area (Å²) in [4.78, 5) is 22.6. The average Bonchev–Trinajstić information content (AvgIpc) is 2.97. The fourth-order valence-electron chi connectivity index (χ4n) is 2.09. The van der Waals surface area contributed by atoms with Gasteiger partial charge < -0.3 is 5.11 Å². The van der Waals surface area contributed by atoms with Gasteiger partial charge in [-0.2, -0.15) is 5.10 Å². The van der Waals surface area contributed by atoms with E-state index >= 15 is 0 Å². The third-order valence-electron chi connectivity index (χ3n) is 3.31. The monoisotopic (exact) mass is 368 g/mol. The maximum absolute atomic E-state index is 12.0. The molecule has 0 aliphatic carbocycles. The van der Waals surface area contributed by atoms with Crippen molar-refractivity contribution in [2.75, 3.05) is 0 Å². The minimum Gasteiger partial charge on any atom is -0.507 e. The SMILES string of the molecule is O=C1N/C(=N\N=Cc2cccc([N+](=O)[O-])c2)SC1=Cc1ccccc1O. The third-order valence-corrected chi connectivity index (χ3v) is 4.21. The zero-order chi connectivity index (χ0) is 18.5. The Bertz CT molecular complexity index is 969. The Balaban J connectivity index is 1.73. The molecular formula is C17H12N4O4S. The zero-order valence-corrected chi connectivity index (χ0v) is 14.0. The highest BCUT2D eigenvalue weighted by Crippen LogP contribution is 2.28. The van der Waals surface area contributed by atoms with Crippen molar-refractivity contribution in [2.45, 2.75) is 0 Å². The number of amides is 1. The van der Waals surface area contributed by atoms with Gasteiger partial charge in [0, 0.05) is 23.3 Å². The van der Waals surface area contributed by atoms with Crippen LogP contribution in [0.1, 0.15) is 11.1 Å². The van der Waals surface area contributed by atoms with Crippen LogP contribution in [0, 0.1) is 10.1 Å². The molecule has 0 radical (unpaired) electrons. The smallest absolute Gasteiger partial charge is 0.270 e. The van der Waals surface area contributed by atoms with Gasteiger partial charge in [0.1, 0.15) is 5.75 Å². The van der Waals surface area contributed by atoms with Crippen LogP contribution >= 0.6 is 11.8 Å². The number of hydrogen-bond donors (Lipinski definition) is 2. The first-order chi connectivity index (χ1) is 12.5. The molecule has 3 rings (SSSR count). The van der Waals surface area contributed by atoms with E-state index in [4.69, 9.17) is 0 Å². The molecule has 1 saturated heterocycles. The third kappa shape index (κ3) is 4.14. The highest BCUT2D eigenvalue weighted by molar-refractivity contribution is 8.18. The Kier molecular flexibility index (Phi) is 5.09. The number of benzene rings is 2. The van der Waals surface area contributed by atoms with Crippen molar-refractivity contribution in [1.29, 1.82) is 0 Å². The molecule has 0 unspecified atom stereocenters. The number of para-hydroxylation sites is 1. The van der Waals surface area contributed by atoms with Gasteiger partial charge in [-0.25, -0.2) is 0 Å². The van der Waals surface area contributed by atoms with Crippen LogP contribution < -0.4 is 5.32 Å². The molecule has 2 aromatic rings. The molecule has 1 heterocycles. The van der Waals surface area contributed by atoms with E-state index in [0.717, 1.165) is 11.8 Å². The van der Waals surface area contributed by atoms with Crippen LogP contribution in [0.5, 0.6) is 5.75 Å². The average molecular weight is 368 g/mol. The van der Waals surface area contributed by atoms with Gasteiger partial charge in [0.25, 0.3) is 11.6 Å². The summed E-state index contributed by atoms with van der Waals surface area (Å²) in [5.41, 5.74) is 0.993. The first-order valence-corrected chi connectivity index (χ1v) is 8.19. The van der Waals surface area contributed by atoms with Gasteiger partial charge >= 0.3 is 0 Å². The lowest BCUT2D eigenvalue weighted by Crippen LogP contribution is -2.19. The summed E-state index contributed by atoms with van der Waals surface area (Å²) in [5, 5.41) is 31.1. The normalized spacial score (nSPS) is 17.2. The number of carbonyl (C=O) groups excluding carboxylic acids is 1. The number of phenols is 1. The predicted molar refractivity (Wildman–Crippen MR) is 99.9 cm³/mol. The fraction of sp³-hybridized carbons (Fsp3) is 0. The number of nitrogens with zero attached hydrogens (tertiary/aromatic N) is 3. The van der Waals surface area contributed by atoms with Crippen molar-refractivity contribution in [3.8, 4) is 5.75 Å². The molecule has 1 aliphatic heterocycles. The quantitative estimate of drug-likeness (QED) is 0.372. The molecule has 1 fully saturated rings. The van der Waals surface area contributed by atoms with Gasteiger partial charge in [-0.05, 0) is 23.9 Å². The van der Waals surface area contributed by atoms with Crippen LogP contribution in [0.25, 0.3) is 6.08 Å². The van der Waals surface area contributed by atoms with Crippen LogP contribution in [0.4, 0.5) is 5.69 Å². The number of amidine groups is 1. The van der Waals surface area contributed by atoms with Crippen molar-refractivity contribution >= 4 is 40.8 Å². The van der Waals surface area contributed by atoms with Crippen LogP contribution in [-0.2, 0) is 4.79 Å². The molecule has 0 saturated carbocycles. The number of nitrogens with one attached hydrogen (secondary N) is 1. The number of thioether (sulfide) groups is 1. The van der Waals surface area contributed by atoms with Gasteiger partial charge in [-0.15, -0.1) is 5.10 Å². The molecular weight excluding hydrogens is 356 g/mol. The van der Waals surface area contributed by atoms with E-state index < -0.39 is 4.92 Å². The van der Waals surface area contributed by atoms with Crippen LogP contribution in [0.2, 0.25) is 0 Å². The van der Waals surface area contributed by atoms with E-state index in [9.17, 15) is 20.0 Å². The van der Waals surface area contributed by atoms with Crippen molar-refractivity contribution in [1.82, 2.24) is 5.32 Å². The lowest BCUT2D eigenvalue weighted by atomic mass is 10.2. The standard InChI is InChI=1S/C17H12N4O4S/c22-14-7-2-1-5-12(14)9-15-16(23)19-17(26-15)20-18-10-11-4-3-6-13(8-11)21(24)25/h1-10,22H,(H,19,20,23). The molecule has 0 aromatic heterocycles. The van der Waals surface area contributed by atoms with E-state index in [0.29, 0.717) is 16.0 Å². The second-order valence-electron chi connectivity index (χ2n) is 5.13. The molecule has 0 atom stereocenters. The summed E-state index contributed by atoms with van der Waals surface area (Å²) in [6.45, 7) is 0. The van der Waals surface area contributed by atoms with E-state index in [1.165, 1.54) is 24.4 Å². The highest BCUT2D eigenvalue weighted by atomic mass is 32.2. The Morgan fingerprint density at radius 2 is 2.00 bits per heavy atom. The van der Waals surface area contributed by atoms with E-state index in [1.54, 1.807) is 36.4 Å². The molecule has 0 spiro atoms. The van der Waals surface area contributed by atoms with Gasteiger partial charge in [0.05, 0.1) is 16.0 Å².